The zero-order chi connectivity index (χ0) is 14.4. The van der Waals surface area contributed by atoms with Crippen molar-refractivity contribution in [2.45, 2.75) is 20.3 Å². The monoisotopic (exact) mass is 276 g/mol. The number of carbonyl (C=O) groups is 1. The van der Waals surface area contributed by atoms with Gasteiger partial charge in [0.25, 0.3) is 5.91 Å². The van der Waals surface area contributed by atoms with Crippen molar-refractivity contribution in [3.63, 3.8) is 0 Å². The molecule has 110 valence electrons. The highest BCUT2D eigenvalue weighted by atomic mass is 16.5. The number of ether oxygens (including phenoxy) is 1. The zero-order valence-electron chi connectivity index (χ0n) is 12.5. The van der Waals surface area contributed by atoms with Crippen LogP contribution in [-0.4, -0.2) is 55.0 Å². The first kappa shape index (κ1) is 14.9. The van der Waals surface area contributed by atoms with E-state index >= 15 is 0 Å². The van der Waals surface area contributed by atoms with E-state index < -0.39 is 0 Å². The van der Waals surface area contributed by atoms with Gasteiger partial charge in [0.2, 0.25) is 0 Å². The number of likely N-dealkylation sites (N-methyl/N-ethyl adjacent to an activating group) is 1. The SMILES string of the molecule is CCN1CCCN(C(=O)COc2ccccc2C)CC1. The lowest BCUT2D eigenvalue weighted by Gasteiger charge is -2.21. The molecule has 0 saturated carbocycles. The van der Waals surface area contributed by atoms with Gasteiger partial charge in [0.15, 0.2) is 6.61 Å². The second kappa shape index (κ2) is 7.29. The van der Waals surface area contributed by atoms with Crippen LogP contribution in [0.3, 0.4) is 0 Å². The fourth-order valence-electron chi connectivity index (χ4n) is 2.49. The molecule has 0 bridgehead atoms. The molecule has 4 heteroatoms. The Kier molecular flexibility index (Phi) is 5.41. The van der Waals surface area contributed by atoms with Crippen molar-refractivity contribution in [1.29, 1.82) is 0 Å². The van der Waals surface area contributed by atoms with E-state index in [4.69, 9.17) is 4.74 Å². The Morgan fingerprint density at radius 1 is 1.20 bits per heavy atom. The Bertz CT molecular complexity index is 448. The molecule has 0 spiro atoms. The number of benzene rings is 1. The van der Waals surface area contributed by atoms with Crippen molar-refractivity contribution in [1.82, 2.24) is 9.80 Å². The highest BCUT2D eigenvalue weighted by Crippen LogP contribution is 2.16. The third kappa shape index (κ3) is 3.97. The summed E-state index contributed by atoms with van der Waals surface area (Å²) in [4.78, 5) is 16.5. The van der Waals surface area contributed by atoms with E-state index in [2.05, 4.69) is 11.8 Å². The van der Waals surface area contributed by atoms with Crippen LogP contribution in [0.1, 0.15) is 18.9 Å². The molecule has 0 N–H and O–H groups in total. The maximum absolute atomic E-state index is 12.2. The number of rotatable bonds is 4. The van der Waals surface area contributed by atoms with Gasteiger partial charge in [-0.15, -0.1) is 0 Å². The first-order chi connectivity index (χ1) is 9.70. The summed E-state index contributed by atoms with van der Waals surface area (Å²) in [5.41, 5.74) is 1.06. The lowest BCUT2D eigenvalue weighted by Crippen LogP contribution is -2.38. The van der Waals surface area contributed by atoms with Crippen LogP contribution in [0.2, 0.25) is 0 Å². The normalized spacial score (nSPS) is 16.8. The molecule has 0 radical (unpaired) electrons. The largest absolute Gasteiger partial charge is 0.484 e. The molecular weight excluding hydrogens is 252 g/mol. The Morgan fingerprint density at radius 3 is 2.75 bits per heavy atom. The van der Waals surface area contributed by atoms with Crippen molar-refractivity contribution in [2.24, 2.45) is 0 Å². The maximum Gasteiger partial charge on any atom is 0.260 e. The summed E-state index contributed by atoms with van der Waals surface area (Å²) in [7, 11) is 0. The average molecular weight is 276 g/mol. The van der Waals surface area contributed by atoms with Crippen LogP contribution in [-0.2, 0) is 4.79 Å². The Balaban J connectivity index is 1.84. The molecule has 1 aromatic rings. The van der Waals surface area contributed by atoms with Crippen LogP contribution in [0.5, 0.6) is 5.75 Å². The summed E-state index contributed by atoms with van der Waals surface area (Å²) >= 11 is 0. The minimum absolute atomic E-state index is 0.0891. The molecule has 1 aliphatic rings. The van der Waals surface area contributed by atoms with E-state index in [-0.39, 0.29) is 12.5 Å². The number of hydrogen-bond acceptors (Lipinski definition) is 3. The molecule has 0 aliphatic carbocycles. The molecule has 0 unspecified atom stereocenters. The first-order valence-corrected chi connectivity index (χ1v) is 7.39. The summed E-state index contributed by atoms with van der Waals surface area (Å²) in [5, 5.41) is 0. The van der Waals surface area contributed by atoms with Crippen molar-refractivity contribution in [3.8, 4) is 5.75 Å². The van der Waals surface area contributed by atoms with Crippen LogP contribution in [0.4, 0.5) is 0 Å². The molecule has 0 aromatic heterocycles. The molecule has 1 heterocycles. The zero-order valence-corrected chi connectivity index (χ0v) is 12.5. The smallest absolute Gasteiger partial charge is 0.260 e. The summed E-state index contributed by atoms with van der Waals surface area (Å²) < 4.78 is 5.64. The van der Waals surface area contributed by atoms with Gasteiger partial charge in [-0.25, -0.2) is 0 Å². The number of hydrogen-bond donors (Lipinski definition) is 0. The number of aryl methyl sites for hydroxylation is 1. The van der Waals surface area contributed by atoms with E-state index in [0.29, 0.717) is 0 Å². The molecule has 0 atom stereocenters. The fraction of sp³-hybridized carbons (Fsp3) is 0.562. The second-order valence-electron chi connectivity index (χ2n) is 5.22. The Morgan fingerprint density at radius 2 is 2.00 bits per heavy atom. The third-order valence-corrected chi connectivity index (χ3v) is 3.83. The van der Waals surface area contributed by atoms with Crippen LogP contribution >= 0.6 is 0 Å². The minimum Gasteiger partial charge on any atom is -0.484 e. The second-order valence-corrected chi connectivity index (χ2v) is 5.22. The standard InChI is InChI=1S/C16H24N2O2/c1-3-17-9-6-10-18(12-11-17)16(19)13-20-15-8-5-4-7-14(15)2/h4-5,7-8H,3,6,9-13H2,1-2H3. The predicted molar refractivity (Wildman–Crippen MR) is 80.0 cm³/mol. The average Bonchev–Trinajstić information content (AvgIpc) is 2.71. The first-order valence-electron chi connectivity index (χ1n) is 7.39. The van der Waals surface area contributed by atoms with Crippen LogP contribution in [0.15, 0.2) is 24.3 Å². The van der Waals surface area contributed by atoms with Gasteiger partial charge in [-0.2, -0.15) is 0 Å². The summed E-state index contributed by atoms with van der Waals surface area (Å²) in [5.74, 6) is 0.886. The van der Waals surface area contributed by atoms with Crippen LogP contribution < -0.4 is 4.74 Å². The van der Waals surface area contributed by atoms with E-state index in [9.17, 15) is 4.79 Å². The number of amides is 1. The van der Waals surface area contributed by atoms with Gasteiger partial charge < -0.3 is 14.5 Å². The fourth-order valence-corrected chi connectivity index (χ4v) is 2.49. The van der Waals surface area contributed by atoms with Gasteiger partial charge in [-0.1, -0.05) is 25.1 Å². The van der Waals surface area contributed by atoms with Gasteiger partial charge in [0.05, 0.1) is 0 Å². The molecule has 20 heavy (non-hydrogen) atoms. The highest BCUT2D eigenvalue weighted by molar-refractivity contribution is 5.77. The van der Waals surface area contributed by atoms with E-state index in [1.807, 2.05) is 36.1 Å². The topological polar surface area (TPSA) is 32.8 Å². The van der Waals surface area contributed by atoms with Crippen molar-refractivity contribution in [3.05, 3.63) is 29.8 Å². The molecular formula is C16H24N2O2. The van der Waals surface area contributed by atoms with Crippen molar-refractivity contribution < 1.29 is 9.53 Å². The van der Waals surface area contributed by atoms with Crippen molar-refractivity contribution in [2.75, 3.05) is 39.3 Å². The molecule has 4 nitrogen and oxygen atoms in total. The molecule has 1 aromatic carbocycles. The highest BCUT2D eigenvalue weighted by Gasteiger charge is 2.18. The molecule has 1 amide bonds. The molecule has 1 fully saturated rings. The number of carbonyl (C=O) groups excluding carboxylic acids is 1. The van der Waals surface area contributed by atoms with E-state index in [1.54, 1.807) is 0 Å². The van der Waals surface area contributed by atoms with Gasteiger partial charge in [-0.05, 0) is 38.1 Å². The Hall–Kier alpha value is -1.55. The molecule has 1 aliphatic heterocycles. The lowest BCUT2D eigenvalue weighted by atomic mass is 10.2. The van der Waals surface area contributed by atoms with Gasteiger partial charge in [-0.3, -0.25) is 4.79 Å². The number of nitrogens with zero attached hydrogens (tertiary/aromatic N) is 2. The minimum atomic E-state index is 0.0891. The molecule has 2 rings (SSSR count). The maximum atomic E-state index is 12.2. The van der Waals surface area contributed by atoms with Crippen LogP contribution in [0.25, 0.3) is 0 Å². The Labute approximate surface area is 121 Å². The predicted octanol–water partition coefficient (Wildman–Crippen LogP) is 1.93. The van der Waals surface area contributed by atoms with E-state index in [0.717, 1.165) is 50.5 Å². The van der Waals surface area contributed by atoms with E-state index in [1.165, 1.54) is 0 Å². The van der Waals surface area contributed by atoms with Crippen LogP contribution in [0, 0.1) is 6.92 Å². The molecule has 1 saturated heterocycles. The van der Waals surface area contributed by atoms with Gasteiger partial charge >= 0.3 is 0 Å². The quantitative estimate of drug-likeness (QED) is 0.842. The summed E-state index contributed by atoms with van der Waals surface area (Å²) in [6, 6.07) is 7.80. The summed E-state index contributed by atoms with van der Waals surface area (Å²) in [6.45, 7) is 9.05. The van der Waals surface area contributed by atoms with Gasteiger partial charge in [0.1, 0.15) is 5.75 Å². The summed E-state index contributed by atoms with van der Waals surface area (Å²) in [6.07, 6.45) is 1.05. The van der Waals surface area contributed by atoms with Crippen molar-refractivity contribution >= 4 is 5.91 Å². The lowest BCUT2D eigenvalue weighted by molar-refractivity contribution is -0.133. The number of para-hydroxylation sites is 1. The van der Waals surface area contributed by atoms with Gasteiger partial charge in [0, 0.05) is 19.6 Å². The third-order valence-electron chi connectivity index (χ3n) is 3.83.